The summed E-state index contributed by atoms with van der Waals surface area (Å²) in [4.78, 5) is 4.79. The quantitative estimate of drug-likeness (QED) is 0.230. The molecule has 31 heavy (non-hydrogen) atoms. The van der Waals surface area contributed by atoms with Gasteiger partial charge in [-0.2, -0.15) is 0 Å². The molecule has 2 heterocycles. The van der Waals surface area contributed by atoms with Crippen molar-refractivity contribution < 1.29 is 4.74 Å². The van der Waals surface area contributed by atoms with E-state index in [1.165, 1.54) is 11.1 Å². The summed E-state index contributed by atoms with van der Waals surface area (Å²) in [6.07, 6.45) is 1.85. The first-order valence-electron chi connectivity index (χ1n) is 9.99. The van der Waals surface area contributed by atoms with Crippen LogP contribution in [0.15, 0.2) is 71.7 Å². The Labute approximate surface area is 190 Å². The molecule has 0 aliphatic rings. The molecule has 2 aromatic carbocycles. The Morgan fingerprint density at radius 1 is 1.03 bits per heavy atom. The van der Waals surface area contributed by atoms with E-state index >= 15 is 0 Å². The minimum atomic E-state index is 0.360. The van der Waals surface area contributed by atoms with Gasteiger partial charge in [0, 0.05) is 23.2 Å². The molecule has 0 N–H and O–H groups in total. The van der Waals surface area contributed by atoms with Gasteiger partial charge in [-0.05, 0) is 26.0 Å². The summed E-state index contributed by atoms with van der Waals surface area (Å²) in [6.45, 7) is 9.01. The Balaban J connectivity index is 1.42. The van der Waals surface area contributed by atoms with Crippen LogP contribution in [0.1, 0.15) is 22.6 Å². The number of thiazole rings is 1. The molecular formula is C24H24N4OS2. The van der Waals surface area contributed by atoms with E-state index in [9.17, 15) is 0 Å². The number of hydrogen-bond acceptors (Lipinski definition) is 6. The minimum Gasteiger partial charge on any atom is -0.486 e. The van der Waals surface area contributed by atoms with E-state index in [4.69, 9.17) is 9.72 Å². The van der Waals surface area contributed by atoms with Crippen molar-refractivity contribution in [3.05, 3.63) is 89.2 Å². The molecule has 0 aliphatic carbocycles. The van der Waals surface area contributed by atoms with E-state index in [1.807, 2.05) is 34.9 Å². The van der Waals surface area contributed by atoms with Gasteiger partial charge in [0.05, 0.1) is 5.69 Å². The van der Waals surface area contributed by atoms with Gasteiger partial charge in [-0.1, -0.05) is 65.4 Å². The molecule has 0 unspecified atom stereocenters. The number of benzene rings is 2. The summed E-state index contributed by atoms with van der Waals surface area (Å²) in [7, 11) is 0. The fourth-order valence-electron chi connectivity index (χ4n) is 2.97. The molecule has 0 spiro atoms. The third-order valence-electron chi connectivity index (χ3n) is 4.69. The first-order chi connectivity index (χ1) is 15.1. The predicted octanol–water partition coefficient (Wildman–Crippen LogP) is 6.08. The van der Waals surface area contributed by atoms with E-state index < -0.39 is 0 Å². The number of nitrogens with zero attached hydrogens (tertiary/aromatic N) is 4. The number of aromatic nitrogens is 4. The Morgan fingerprint density at radius 2 is 1.74 bits per heavy atom. The molecule has 0 bridgehead atoms. The van der Waals surface area contributed by atoms with Crippen molar-refractivity contribution in [1.82, 2.24) is 19.7 Å². The molecule has 0 amide bonds. The maximum atomic E-state index is 5.89. The second-order valence-electron chi connectivity index (χ2n) is 7.20. The Hall–Kier alpha value is -2.90. The van der Waals surface area contributed by atoms with Gasteiger partial charge in [-0.25, -0.2) is 4.98 Å². The van der Waals surface area contributed by atoms with Crippen molar-refractivity contribution >= 4 is 23.1 Å². The highest BCUT2D eigenvalue weighted by Crippen LogP contribution is 2.28. The molecule has 0 saturated heterocycles. The van der Waals surface area contributed by atoms with Crippen LogP contribution in [0, 0.1) is 13.8 Å². The fraction of sp³-hybridized carbons (Fsp3) is 0.208. The highest BCUT2D eigenvalue weighted by atomic mass is 32.2. The standard InChI is InChI=1S/C24H24N4OS2/c1-4-13-28-22(14-29-21-11-7-18(3)8-12-21)26-27-24(28)31-16-20-15-30-23(25-20)19-9-5-17(2)6-10-19/h4-12,15H,1,13-14,16H2,2-3H3. The third kappa shape index (κ3) is 5.42. The molecule has 4 aromatic rings. The van der Waals surface area contributed by atoms with Gasteiger partial charge in [0.25, 0.3) is 0 Å². The molecule has 158 valence electrons. The zero-order valence-corrected chi connectivity index (χ0v) is 19.2. The van der Waals surface area contributed by atoms with Gasteiger partial charge in [0.15, 0.2) is 11.0 Å². The maximum absolute atomic E-state index is 5.89. The molecule has 0 fully saturated rings. The van der Waals surface area contributed by atoms with E-state index in [2.05, 4.69) is 60.3 Å². The van der Waals surface area contributed by atoms with Gasteiger partial charge in [-0.3, -0.25) is 4.57 Å². The van der Waals surface area contributed by atoms with E-state index in [0.29, 0.717) is 13.2 Å². The number of thioether (sulfide) groups is 1. The van der Waals surface area contributed by atoms with Gasteiger partial charge in [0.1, 0.15) is 17.4 Å². The van der Waals surface area contributed by atoms with Gasteiger partial charge in [-0.15, -0.1) is 28.1 Å². The maximum Gasteiger partial charge on any atom is 0.191 e. The predicted molar refractivity (Wildman–Crippen MR) is 128 cm³/mol. The molecule has 7 heteroatoms. The fourth-order valence-corrected chi connectivity index (χ4v) is 4.76. The SMILES string of the molecule is C=CCn1c(COc2ccc(C)cc2)nnc1SCc1csc(-c2ccc(C)cc2)n1. The highest BCUT2D eigenvalue weighted by molar-refractivity contribution is 7.98. The number of aryl methyl sites for hydroxylation is 2. The van der Waals surface area contributed by atoms with Crippen LogP contribution in [0.25, 0.3) is 10.6 Å². The largest absolute Gasteiger partial charge is 0.486 e. The number of hydrogen-bond donors (Lipinski definition) is 0. The van der Waals surface area contributed by atoms with E-state index in [0.717, 1.165) is 38.7 Å². The van der Waals surface area contributed by atoms with Crippen LogP contribution in [0.2, 0.25) is 0 Å². The van der Waals surface area contributed by atoms with Crippen LogP contribution in [0.5, 0.6) is 5.75 Å². The van der Waals surface area contributed by atoms with Gasteiger partial charge in [0.2, 0.25) is 0 Å². The van der Waals surface area contributed by atoms with Crippen molar-refractivity contribution in [2.24, 2.45) is 0 Å². The van der Waals surface area contributed by atoms with Crippen molar-refractivity contribution in [2.75, 3.05) is 0 Å². The van der Waals surface area contributed by atoms with Crippen molar-refractivity contribution in [2.45, 2.75) is 37.9 Å². The molecular weight excluding hydrogens is 424 g/mol. The lowest BCUT2D eigenvalue weighted by Crippen LogP contribution is -2.07. The highest BCUT2D eigenvalue weighted by Gasteiger charge is 2.14. The van der Waals surface area contributed by atoms with Crippen LogP contribution < -0.4 is 4.74 Å². The van der Waals surface area contributed by atoms with Crippen LogP contribution in [-0.4, -0.2) is 19.7 Å². The summed E-state index contributed by atoms with van der Waals surface area (Å²) in [5.41, 5.74) is 4.64. The molecule has 0 atom stereocenters. The van der Waals surface area contributed by atoms with Crippen molar-refractivity contribution in [1.29, 1.82) is 0 Å². The van der Waals surface area contributed by atoms with E-state index in [-0.39, 0.29) is 0 Å². The first kappa shape index (κ1) is 21.3. The van der Waals surface area contributed by atoms with Crippen molar-refractivity contribution in [3.63, 3.8) is 0 Å². The average Bonchev–Trinajstić information content (AvgIpc) is 3.40. The molecule has 4 rings (SSSR count). The summed E-state index contributed by atoms with van der Waals surface area (Å²) < 4.78 is 7.93. The Bertz CT molecular complexity index is 1150. The zero-order valence-electron chi connectivity index (χ0n) is 17.6. The molecule has 2 aromatic heterocycles. The summed E-state index contributed by atoms with van der Waals surface area (Å²) >= 11 is 3.29. The molecule has 0 saturated carbocycles. The lowest BCUT2D eigenvalue weighted by molar-refractivity contribution is 0.289. The average molecular weight is 449 g/mol. The van der Waals surface area contributed by atoms with E-state index in [1.54, 1.807) is 23.1 Å². The Morgan fingerprint density at radius 3 is 2.45 bits per heavy atom. The van der Waals surface area contributed by atoms with Gasteiger partial charge >= 0.3 is 0 Å². The summed E-state index contributed by atoms with van der Waals surface area (Å²) in [6, 6.07) is 16.5. The number of ether oxygens (including phenoxy) is 1. The zero-order chi connectivity index (χ0) is 21.6. The van der Waals surface area contributed by atoms with Crippen LogP contribution in [-0.2, 0) is 18.9 Å². The van der Waals surface area contributed by atoms with Crippen LogP contribution >= 0.6 is 23.1 Å². The molecule has 0 radical (unpaired) electrons. The summed E-state index contributed by atoms with van der Waals surface area (Å²) in [5, 5.41) is 12.7. The van der Waals surface area contributed by atoms with Crippen LogP contribution in [0.3, 0.4) is 0 Å². The normalized spacial score (nSPS) is 10.9. The first-order valence-corrected chi connectivity index (χ1v) is 11.9. The number of allylic oxidation sites excluding steroid dienone is 1. The topological polar surface area (TPSA) is 52.8 Å². The third-order valence-corrected chi connectivity index (χ3v) is 6.63. The summed E-state index contributed by atoms with van der Waals surface area (Å²) in [5.74, 6) is 2.33. The van der Waals surface area contributed by atoms with Crippen molar-refractivity contribution in [3.8, 4) is 16.3 Å². The lowest BCUT2D eigenvalue weighted by atomic mass is 10.2. The monoisotopic (exact) mass is 448 g/mol. The minimum absolute atomic E-state index is 0.360. The second-order valence-corrected chi connectivity index (χ2v) is 9.00. The lowest BCUT2D eigenvalue weighted by Gasteiger charge is -2.09. The van der Waals surface area contributed by atoms with Gasteiger partial charge < -0.3 is 4.74 Å². The molecule has 5 nitrogen and oxygen atoms in total. The smallest absolute Gasteiger partial charge is 0.191 e. The molecule has 0 aliphatic heterocycles. The second kappa shape index (κ2) is 9.94. The number of rotatable bonds is 9. The Kier molecular flexibility index (Phi) is 6.84. The van der Waals surface area contributed by atoms with Crippen LogP contribution in [0.4, 0.5) is 0 Å².